The van der Waals surface area contributed by atoms with Gasteiger partial charge in [-0.15, -0.1) is 0 Å². The number of rotatable bonds is 3. The summed E-state index contributed by atoms with van der Waals surface area (Å²) in [6, 6.07) is 6.54. The fraction of sp³-hybridized carbons (Fsp3) is 0.0769. The molecule has 0 saturated heterocycles. The number of hydrogen-bond donors (Lipinski definition) is 2. The van der Waals surface area contributed by atoms with Crippen LogP contribution < -0.4 is 5.73 Å². The summed E-state index contributed by atoms with van der Waals surface area (Å²) in [5, 5.41) is 8.72. The van der Waals surface area contributed by atoms with Crippen molar-refractivity contribution in [2.75, 3.05) is 5.73 Å². The van der Waals surface area contributed by atoms with Crippen molar-refractivity contribution in [3.8, 4) is 11.3 Å². The number of hydrogen-bond acceptors (Lipinski definition) is 3. The zero-order valence-corrected chi connectivity index (χ0v) is 9.73. The topological polar surface area (TPSA) is 76.2 Å². The Kier molecular flexibility index (Phi) is 3.41. The Morgan fingerprint density at radius 1 is 1.26 bits per heavy atom. The zero-order valence-electron chi connectivity index (χ0n) is 9.73. The van der Waals surface area contributed by atoms with Gasteiger partial charge in [0.25, 0.3) is 0 Å². The molecular weight excluding hydrogens is 254 g/mol. The second kappa shape index (κ2) is 5.01. The Morgan fingerprint density at radius 2 is 2.00 bits per heavy atom. The van der Waals surface area contributed by atoms with Crippen LogP contribution >= 0.6 is 0 Å². The number of anilines is 1. The molecule has 0 aliphatic heterocycles. The number of nitrogens with two attached hydrogens (primary N) is 1. The van der Waals surface area contributed by atoms with Crippen molar-refractivity contribution in [2.45, 2.75) is 6.42 Å². The van der Waals surface area contributed by atoms with Gasteiger partial charge in [-0.3, -0.25) is 4.79 Å². The monoisotopic (exact) mass is 264 g/mol. The lowest BCUT2D eigenvalue weighted by molar-refractivity contribution is -0.136. The Balaban J connectivity index is 2.51. The van der Waals surface area contributed by atoms with Crippen LogP contribution in [0.4, 0.5) is 14.5 Å². The molecule has 19 heavy (non-hydrogen) atoms. The number of benzene rings is 1. The second-order valence-corrected chi connectivity index (χ2v) is 3.90. The number of nitrogens with zero attached hydrogens (tertiary/aromatic N) is 1. The van der Waals surface area contributed by atoms with E-state index in [2.05, 4.69) is 4.98 Å². The van der Waals surface area contributed by atoms with Crippen LogP contribution in [0.1, 0.15) is 5.69 Å². The molecule has 4 nitrogen and oxygen atoms in total. The highest BCUT2D eigenvalue weighted by Gasteiger charge is 2.13. The third-order valence-corrected chi connectivity index (χ3v) is 2.56. The molecule has 0 saturated carbocycles. The van der Waals surface area contributed by atoms with Crippen molar-refractivity contribution in [1.29, 1.82) is 0 Å². The number of halogens is 2. The molecule has 0 aliphatic rings. The average Bonchev–Trinajstić information content (AvgIpc) is 2.35. The first kappa shape index (κ1) is 12.9. The smallest absolute Gasteiger partial charge is 0.309 e. The molecule has 0 bridgehead atoms. The van der Waals surface area contributed by atoms with Gasteiger partial charge in [0.05, 0.1) is 23.5 Å². The maximum atomic E-state index is 13.6. The Morgan fingerprint density at radius 3 is 2.68 bits per heavy atom. The van der Waals surface area contributed by atoms with Gasteiger partial charge in [0.15, 0.2) is 11.6 Å². The van der Waals surface area contributed by atoms with E-state index in [4.69, 9.17) is 10.8 Å². The number of aromatic nitrogens is 1. The van der Waals surface area contributed by atoms with Gasteiger partial charge in [0.2, 0.25) is 0 Å². The van der Waals surface area contributed by atoms with Gasteiger partial charge in [0, 0.05) is 5.56 Å². The van der Waals surface area contributed by atoms with Gasteiger partial charge >= 0.3 is 5.97 Å². The molecule has 0 atom stereocenters. The molecule has 0 aliphatic carbocycles. The molecule has 0 radical (unpaired) electrons. The number of pyridine rings is 1. The van der Waals surface area contributed by atoms with E-state index >= 15 is 0 Å². The molecule has 1 aromatic heterocycles. The molecule has 2 aromatic rings. The molecule has 1 aromatic carbocycles. The Labute approximate surface area is 107 Å². The summed E-state index contributed by atoms with van der Waals surface area (Å²) >= 11 is 0. The van der Waals surface area contributed by atoms with Gasteiger partial charge in [-0.05, 0) is 24.3 Å². The molecule has 0 unspecified atom stereocenters. The van der Waals surface area contributed by atoms with Crippen LogP contribution in [-0.4, -0.2) is 16.1 Å². The van der Waals surface area contributed by atoms with Crippen molar-refractivity contribution in [2.24, 2.45) is 0 Å². The van der Waals surface area contributed by atoms with Crippen molar-refractivity contribution in [3.05, 3.63) is 47.7 Å². The van der Waals surface area contributed by atoms with E-state index in [1.165, 1.54) is 24.3 Å². The minimum atomic E-state index is -1.10. The summed E-state index contributed by atoms with van der Waals surface area (Å²) in [6.07, 6.45) is -0.378. The predicted octanol–water partition coefficient (Wildman–Crippen LogP) is 2.24. The van der Waals surface area contributed by atoms with Crippen LogP contribution in [0.2, 0.25) is 0 Å². The van der Waals surface area contributed by atoms with E-state index in [0.29, 0.717) is 0 Å². The largest absolute Gasteiger partial charge is 0.481 e. The number of carboxylic acids is 1. The molecule has 0 amide bonds. The van der Waals surface area contributed by atoms with Gasteiger partial charge in [-0.2, -0.15) is 0 Å². The average molecular weight is 264 g/mol. The molecule has 6 heteroatoms. The first-order valence-corrected chi connectivity index (χ1v) is 5.40. The lowest BCUT2D eigenvalue weighted by Gasteiger charge is -2.07. The standard InChI is InChI=1S/C13H10F2N2O2/c14-8-3-1-2-7(13(8)15)10-5-4-9(16)11(17-10)6-12(18)19/h1-5H,6,16H2,(H,18,19). The molecule has 0 fully saturated rings. The highest BCUT2D eigenvalue weighted by Crippen LogP contribution is 2.24. The lowest BCUT2D eigenvalue weighted by Crippen LogP contribution is -2.07. The van der Waals surface area contributed by atoms with E-state index < -0.39 is 17.6 Å². The summed E-state index contributed by atoms with van der Waals surface area (Å²) < 4.78 is 26.8. The summed E-state index contributed by atoms with van der Waals surface area (Å²) in [4.78, 5) is 14.6. The zero-order chi connectivity index (χ0) is 14.0. The first-order valence-electron chi connectivity index (χ1n) is 5.40. The molecule has 98 valence electrons. The van der Waals surface area contributed by atoms with Gasteiger partial charge in [0.1, 0.15) is 0 Å². The highest BCUT2D eigenvalue weighted by atomic mass is 19.2. The van der Waals surface area contributed by atoms with Crippen LogP contribution in [0.3, 0.4) is 0 Å². The fourth-order valence-electron chi connectivity index (χ4n) is 1.65. The lowest BCUT2D eigenvalue weighted by atomic mass is 10.1. The fourth-order valence-corrected chi connectivity index (χ4v) is 1.65. The number of aliphatic carboxylic acids is 1. The van der Waals surface area contributed by atoms with Gasteiger partial charge in [-0.25, -0.2) is 13.8 Å². The van der Waals surface area contributed by atoms with Crippen molar-refractivity contribution in [3.63, 3.8) is 0 Å². The normalized spacial score (nSPS) is 10.4. The third-order valence-electron chi connectivity index (χ3n) is 2.56. The number of nitrogen functional groups attached to an aromatic ring is 1. The van der Waals surface area contributed by atoms with Gasteiger partial charge < -0.3 is 10.8 Å². The minimum Gasteiger partial charge on any atom is -0.481 e. The summed E-state index contributed by atoms with van der Waals surface area (Å²) in [5.41, 5.74) is 6.01. The predicted molar refractivity (Wildman–Crippen MR) is 65.3 cm³/mol. The van der Waals surface area contributed by atoms with Crippen LogP contribution in [0.15, 0.2) is 30.3 Å². The van der Waals surface area contributed by atoms with E-state index in [1.54, 1.807) is 0 Å². The molecule has 3 N–H and O–H groups in total. The maximum absolute atomic E-state index is 13.6. The van der Waals surface area contributed by atoms with Crippen LogP contribution in [0.25, 0.3) is 11.3 Å². The number of carboxylic acid groups (broad SMARTS) is 1. The van der Waals surface area contributed by atoms with Gasteiger partial charge in [-0.1, -0.05) is 6.07 Å². The highest BCUT2D eigenvalue weighted by molar-refractivity contribution is 5.73. The molecule has 0 spiro atoms. The molecule has 2 rings (SSSR count). The van der Waals surface area contributed by atoms with Crippen molar-refractivity contribution < 1.29 is 18.7 Å². The summed E-state index contributed by atoms with van der Waals surface area (Å²) in [5.74, 6) is -3.12. The Bertz CT molecular complexity index is 645. The van der Waals surface area contributed by atoms with Crippen LogP contribution in [0.5, 0.6) is 0 Å². The number of carbonyl (C=O) groups is 1. The van der Waals surface area contributed by atoms with Crippen LogP contribution in [0, 0.1) is 11.6 Å². The van der Waals surface area contributed by atoms with E-state index in [1.807, 2.05) is 0 Å². The SMILES string of the molecule is Nc1ccc(-c2cccc(F)c2F)nc1CC(=O)O. The third kappa shape index (κ3) is 2.67. The van der Waals surface area contributed by atoms with Crippen molar-refractivity contribution >= 4 is 11.7 Å². The summed E-state index contributed by atoms with van der Waals surface area (Å²) in [6.45, 7) is 0. The van der Waals surface area contributed by atoms with E-state index in [-0.39, 0.29) is 29.1 Å². The summed E-state index contributed by atoms with van der Waals surface area (Å²) in [7, 11) is 0. The first-order chi connectivity index (χ1) is 8.99. The quantitative estimate of drug-likeness (QED) is 0.891. The van der Waals surface area contributed by atoms with Crippen molar-refractivity contribution in [1.82, 2.24) is 4.98 Å². The Hall–Kier alpha value is -2.50. The van der Waals surface area contributed by atoms with E-state index in [9.17, 15) is 13.6 Å². The molecule has 1 heterocycles. The molecular formula is C13H10F2N2O2. The van der Waals surface area contributed by atoms with Crippen LogP contribution in [-0.2, 0) is 11.2 Å². The minimum absolute atomic E-state index is 0.0355. The second-order valence-electron chi connectivity index (χ2n) is 3.90. The van der Waals surface area contributed by atoms with E-state index in [0.717, 1.165) is 6.07 Å². The maximum Gasteiger partial charge on any atom is 0.309 e.